The van der Waals surface area contributed by atoms with Crippen LogP contribution in [-0.4, -0.2) is 57.5 Å². The molecule has 0 unspecified atom stereocenters. The average Bonchev–Trinajstić information content (AvgIpc) is 2.71. The van der Waals surface area contributed by atoms with Gasteiger partial charge < -0.3 is 10.6 Å². The van der Waals surface area contributed by atoms with Crippen LogP contribution in [0.1, 0.15) is 10.4 Å². The lowest BCUT2D eigenvalue weighted by Crippen LogP contribution is -2.49. The van der Waals surface area contributed by atoms with Crippen molar-refractivity contribution in [2.24, 2.45) is 14.1 Å². The molecule has 1 aliphatic rings. The zero-order valence-corrected chi connectivity index (χ0v) is 16.2. The number of aromatic nitrogens is 2. The second kappa shape index (κ2) is 7.87. The Morgan fingerprint density at radius 3 is 2.21 bits per heavy atom. The second-order valence-corrected chi connectivity index (χ2v) is 6.93. The quantitative estimate of drug-likeness (QED) is 0.404. The summed E-state index contributed by atoms with van der Waals surface area (Å²) in [5, 5.41) is 10.8. The van der Waals surface area contributed by atoms with Gasteiger partial charge in [-0.15, -0.1) is 0 Å². The van der Waals surface area contributed by atoms with E-state index in [1.165, 1.54) is 26.2 Å². The van der Waals surface area contributed by atoms with E-state index < -0.39 is 22.0 Å². The number of Topliss-reactive ketones (excluding diaryl/α,β-unsaturated/α-hetero) is 1. The van der Waals surface area contributed by atoms with E-state index in [0.717, 1.165) is 14.8 Å². The third-order valence-corrected chi connectivity index (χ3v) is 5.15. The Morgan fingerprint density at radius 2 is 1.66 bits per heavy atom. The number of hydrogen-bond donors (Lipinski definition) is 1. The summed E-state index contributed by atoms with van der Waals surface area (Å²) in [5.74, 6) is -0.560. The van der Waals surface area contributed by atoms with E-state index >= 15 is 0 Å². The number of nitrogen functional groups attached to an aromatic ring is 1. The lowest BCUT2D eigenvalue weighted by molar-refractivity contribution is -0.384. The van der Waals surface area contributed by atoms with E-state index in [0.29, 0.717) is 26.2 Å². The van der Waals surface area contributed by atoms with Gasteiger partial charge in [-0.05, 0) is 12.1 Å². The number of benzene rings is 1. The lowest BCUT2D eigenvalue weighted by atomic mass is 10.1. The number of piperazine rings is 1. The molecule has 1 saturated heterocycles. The molecule has 0 atom stereocenters. The van der Waals surface area contributed by atoms with Crippen LogP contribution in [0, 0.1) is 10.1 Å². The summed E-state index contributed by atoms with van der Waals surface area (Å²) in [6.07, 6.45) is 0. The number of ketones is 1. The molecule has 11 heteroatoms. The highest BCUT2D eigenvalue weighted by molar-refractivity contribution is 6.01. The van der Waals surface area contributed by atoms with E-state index in [1.807, 2.05) is 4.90 Å². The van der Waals surface area contributed by atoms with Crippen LogP contribution in [0.4, 0.5) is 17.2 Å². The second-order valence-electron chi connectivity index (χ2n) is 6.93. The van der Waals surface area contributed by atoms with E-state index in [9.17, 15) is 24.5 Å². The van der Waals surface area contributed by atoms with Gasteiger partial charge in [0, 0.05) is 58.1 Å². The first-order valence-corrected chi connectivity index (χ1v) is 9.01. The number of anilines is 2. The van der Waals surface area contributed by atoms with Crippen LogP contribution in [0.2, 0.25) is 0 Å². The number of carbonyl (C=O) groups is 1. The Hall–Kier alpha value is -3.47. The lowest BCUT2D eigenvalue weighted by Gasteiger charge is -2.35. The summed E-state index contributed by atoms with van der Waals surface area (Å²) in [6, 6.07) is 6.33. The third kappa shape index (κ3) is 3.90. The number of non-ortho nitro benzene ring substituents is 1. The number of rotatable bonds is 5. The van der Waals surface area contributed by atoms with Crippen LogP contribution in [-0.2, 0) is 14.1 Å². The van der Waals surface area contributed by atoms with Crippen molar-refractivity contribution in [2.45, 2.75) is 0 Å². The summed E-state index contributed by atoms with van der Waals surface area (Å²) >= 11 is 0. The standard InChI is InChI=1S/C18H22N6O5/c1-20-16(19)15(17(26)21(2)18(20)27)14(25)11-22-7-9-23(10-8-22)12-3-5-13(6-4-12)24(28)29/h3-6H,7-11,19H2,1-2H3. The van der Waals surface area contributed by atoms with Gasteiger partial charge in [-0.3, -0.25) is 33.7 Å². The van der Waals surface area contributed by atoms with Crippen molar-refractivity contribution in [3.63, 3.8) is 0 Å². The molecule has 0 radical (unpaired) electrons. The van der Waals surface area contributed by atoms with E-state index in [-0.39, 0.29) is 23.6 Å². The van der Waals surface area contributed by atoms with Gasteiger partial charge in [0.2, 0.25) is 0 Å². The van der Waals surface area contributed by atoms with Crippen molar-refractivity contribution in [1.82, 2.24) is 14.0 Å². The smallest absolute Gasteiger partial charge is 0.332 e. The molecule has 2 N–H and O–H groups in total. The van der Waals surface area contributed by atoms with Crippen LogP contribution >= 0.6 is 0 Å². The molecule has 0 amide bonds. The minimum Gasteiger partial charge on any atom is -0.384 e. The van der Waals surface area contributed by atoms with E-state index in [2.05, 4.69) is 4.90 Å². The molecule has 2 heterocycles. The minimum atomic E-state index is -0.694. The zero-order valence-electron chi connectivity index (χ0n) is 16.2. The minimum absolute atomic E-state index is 0.0196. The van der Waals surface area contributed by atoms with Gasteiger partial charge in [0.15, 0.2) is 5.78 Å². The molecule has 1 aromatic carbocycles. The van der Waals surface area contributed by atoms with Crippen molar-refractivity contribution in [3.8, 4) is 0 Å². The molecule has 0 aliphatic carbocycles. The maximum Gasteiger partial charge on any atom is 0.332 e. The first kappa shape index (κ1) is 20.3. The normalized spacial score (nSPS) is 14.8. The predicted molar refractivity (Wildman–Crippen MR) is 107 cm³/mol. The topological polar surface area (TPSA) is 137 Å². The molecule has 154 valence electrons. The van der Waals surface area contributed by atoms with Crippen molar-refractivity contribution in [1.29, 1.82) is 0 Å². The fourth-order valence-corrected chi connectivity index (χ4v) is 3.35. The Kier molecular flexibility index (Phi) is 5.50. The molecule has 29 heavy (non-hydrogen) atoms. The number of nitro groups is 1. The Labute approximate surface area is 165 Å². The van der Waals surface area contributed by atoms with Gasteiger partial charge in [-0.25, -0.2) is 4.79 Å². The Balaban J connectivity index is 1.67. The third-order valence-electron chi connectivity index (χ3n) is 5.15. The van der Waals surface area contributed by atoms with Crippen LogP contribution in [0.25, 0.3) is 0 Å². The molecule has 1 aliphatic heterocycles. The van der Waals surface area contributed by atoms with Crippen molar-refractivity contribution < 1.29 is 9.72 Å². The molecule has 3 rings (SSSR count). The summed E-state index contributed by atoms with van der Waals surface area (Å²) in [5.41, 5.74) is 5.30. The van der Waals surface area contributed by atoms with Crippen molar-refractivity contribution in [2.75, 3.05) is 43.4 Å². The molecule has 2 aromatic rings. The first-order valence-electron chi connectivity index (χ1n) is 9.01. The molecule has 1 fully saturated rings. The highest BCUT2D eigenvalue weighted by atomic mass is 16.6. The van der Waals surface area contributed by atoms with E-state index in [4.69, 9.17) is 5.73 Å². The van der Waals surface area contributed by atoms with Crippen molar-refractivity contribution in [3.05, 3.63) is 60.8 Å². The Morgan fingerprint density at radius 1 is 1.07 bits per heavy atom. The van der Waals surface area contributed by atoms with Gasteiger partial charge in [0.05, 0.1) is 11.5 Å². The molecule has 1 aromatic heterocycles. The van der Waals surface area contributed by atoms with Crippen LogP contribution < -0.4 is 21.9 Å². The molecule has 0 bridgehead atoms. The average molecular weight is 402 g/mol. The molecule has 11 nitrogen and oxygen atoms in total. The van der Waals surface area contributed by atoms with E-state index in [1.54, 1.807) is 12.1 Å². The summed E-state index contributed by atoms with van der Waals surface area (Å²) in [7, 11) is 2.72. The molecule has 0 spiro atoms. The zero-order chi connectivity index (χ0) is 21.3. The number of carbonyl (C=O) groups excluding carboxylic acids is 1. The van der Waals surface area contributed by atoms with Gasteiger partial charge in [0.25, 0.3) is 11.2 Å². The monoisotopic (exact) mass is 402 g/mol. The maximum absolute atomic E-state index is 12.7. The number of nitrogens with zero attached hydrogens (tertiary/aromatic N) is 5. The summed E-state index contributed by atoms with van der Waals surface area (Å²) in [6.45, 7) is 2.44. The van der Waals surface area contributed by atoms with Gasteiger partial charge >= 0.3 is 5.69 Å². The highest BCUT2D eigenvalue weighted by Gasteiger charge is 2.24. The summed E-state index contributed by atoms with van der Waals surface area (Å²) in [4.78, 5) is 51.2. The fraction of sp³-hybridized carbons (Fsp3) is 0.389. The maximum atomic E-state index is 12.7. The number of nitro benzene ring substituents is 1. The molecule has 0 saturated carbocycles. The molecular weight excluding hydrogens is 380 g/mol. The number of nitrogens with two attached hydrogens (primary N) is 1. The first-order chi connectivity index (χ1) is 13.7. The van der Waals surface area contributed by atoms with Gasteiger partial charge in [0.1, 0.15) is 11.4 Å². The highest BCUT2D eigenvalue weighted by Crippen LogP contribution is 2.20. The van der Waals surface area contributed by atoms with Gasteiger partial charge in [-0.1, -0.05) is 0 Å². The SMILES string of the molecule is Cn1c(N)c(C(=O)CN2CCN(c3ccc([N+](=O)[O-])cc3)CC2)c(=O)n(C)c1=O. The van der Waals surface area contributed by atoms with Gasteiger partial charge in [-0.2, -0.15) is 0 Å². The van der Waals surface area contributed by atoms with Crippen LogP contribution in [0.3, 0.4) is 0 Å². The number of hydrogen-bond acceptors (Lipinski definition) is 8. The fourth-order valence-electron chi connectivity index (χ4n) is 3.35. The van der Waals surface area contributed by atoms with Crippen molar-refractivity contribution >= 4 is 23.0 Å². The summed E-state index contributed by atoms with van der Waals surface area (Å²) < 4.78 is 1.96. The molecular formula is C18H22N6O5. The van der Waals surface area contributed by atoms with Crippen LogP contribution in [0.5, 0.6) is 0 Å². The predicted octanol–water partition coefficient (Wildman–Crippen LogP) is -0.421. The largest absolute Gasteiger partial charge is 0.384 e. The van der Waals surface area contributed by atoms with Crippen LogP contribution in [0.15, 0.2) is 33.9 Å². The Bertz CT molecular complexity index is 1060.